The molecule has 1 heteroatoms. The maximum atomic E-state index is 4.28. The van der Waals surface area contributed by atoms with Crippen LogP contribution in [0.5, 0.6) is 0 Å². The highest BCUT2D eigenvalue weighted by Crippen LogP contribution is 2.61. The average Bonchev–Trinajstić information content (AvgIpc) is 2.42. The summed E-state index contributed by atoms with van der Waals surface area (Å²) in [4.78, 5) is 0. The maximum Gasteiger partial charge on any atom is 0.0189 e. The van der Waals surface area contributed by atoms with Crippen molar-refractivity contribution in [1.82, 2.24) is 5.32 Å². The van der Waals surface area contributed by atoms with E-state index >= 15 is 0 Å². The highest BCUT2D eigenvalue weighted by molar-refractivity contribution is 5.09. The van der Waals surface area contributed by atoms with Gasteiger partial charge in [-0.2, -0.15) is 0 Å². The fraction of sp³-hybridized carbons (Fsp3) is 1.00. The molecule has 0 heterocycles. The summed E-state index contributed by atoms with van der Waals surface area (Å²) < 4.78 is 0. The van der Waals surface area contributed by atoms with E-state index in [1.54, 1.807) is 57.8 Å². The molecule has 1 nitrogen and oxygen atoms in total. The lowest BCUT2D eigenvalue weighted by Gasteiger charge is -2.60. The van der Waals surface area contributed by atoms with Crippen molar-refractivity contribution in [2.45, 2.75) is 82.6 Å². The van der Waals surface area contributed by atoms with Crippen molar-refractivity contribution in [2.75, 3.05) is 6.54 Å². The molecule has 8 aliphatic rings. The van der Waals surface area contributed by atoms with Crippen LogP contribution in [0, 0.1) is 40.9 Å². The molecule has 0 aromatic carbocycles. The first-order chi connectivity index (χ1) is 10.7. The highest BCUT2D eigenvalue weighted by atomic mass is 15.0. The standard InChI is InChI=1S/C21H33N/c1-14-2-16-3-15(1)8-20(7-14,9-16)13-22-21-10-17-4-18(11-21)6-19(5-17)12-21/h14-19,22H,1-13H2. The minimum atomic E-state index is 0.595. The molecule has 0 aromatic heterocycles. The van der Waals surface area contributed by atoms with Crippen molar-refractivity contribution in [3.8, 4) is 0 Å². The van der Waals surface area contributed by atoms with Crippen molar-refractivity contribution in [3.05, 3.63) is 0 Å². The Morgan fingerprint density at radius 1 is 0.545 bits per heavy atom. The molecule has 0 unspecified atom stereocenters. The van der Waals surface area contributed by atoms with E-state index in [4.69, 9.17) is 0 Å². The summed E-state index contributed by atoms with van der Waals surface area (Å²) >= 11 is 0. The lowest BCUT2D eigenvalue weighted by atomic mass is 9.49. The smallest absolute Gasteiger partial charge is 0.0189 e. The number of hydrogen-bond acceptors (Lipinski definition) is 1. The first-order valence-corrected chi connectivity index (χ1v) is 10.4. The van der Waals surface area contributed by atoms with E-state index in [1.165, 1.54) is 25.8 Å². The molecule has 0 saturated heterocycles. The van der Waals surface area contributed by atoms with Gasteiger partial charge in [-0.15, -0.1) is 0 Å². The van der Waals surface area contributed by atoms with Crippen molar-refractivity contribution >= 4 is 0 Å². The summed E-state index contributed by atoms with van der Waals surface area (Å²) in [7, 11) is 0. The molecule has 0 aromatic rings. The van der Waals surface area contributed by atoms with E-state index in [2.05, 4.69) is 5.32 Å². The van der Waals surface area contributed by atoms with Crippen LogP contribution >= 0.6 is 0 Å². The van der Waals surface area contributed by atoms with Gasteiger partial charge in [0.15, 0.2) is 0 Å². The third-order valence-electron chi connectivity index (χ3n) is 9.04. The second kappa shape index (κ2) is 4.32. The number of hydrogen-bond donors (Lipinski definition) is 1. The summed E-state index contributed by atoms with van der Waals surface area (Å²) in [6.45, 7) is 1.39. The van der Waals surface area contributed by atoms with Crippen molar-refractivity contribution in [1.29, 1.82) is 0 Å². The van der Waals surface area contributed by atoms with Gasteiger partial charge < -0.3 is 5.32 Å². The quantitative estimate of drug-likeness (QED) is 0.792. The molecular formula is C21H33N. The molecule has 0 aliphatic heterocycles. The fourth-order valence-electron chi connectivity index (χ4n) is 9.21. The fourth-order valence-corrected chi connectivity index (χ4v) is 9.21. The molecule has 8 saturated carbocycles. The van der Waals surface area contributed by atoms with Gasteiger partial charge in [0.1, 0.15) is 0 Å². The summed E-state index contributed by atoms with van der Waals surface area (Å²) in [5.74, 6) is 6.62. The Hall–Kier alpha value is -0.0400. The van der Waals surface area contributed by atoms with E-state index in [0.717, 1.165) is 40.9 Å². The van der Waals surface area contributed by atoms with E-state index < -0.39 is 0 Å². The van der Waals surface area contributed by atoms with Crippen LogP contribution in [0.15, 0.2) is 0 Å². The van der Waals surface area contributed by atoms with Crippen LogP contribution in [-0.4, -0.2) is 12.1 Å². The first kappa shape index (κ1) is 13.3. The Balaban J connectivity index is 1.20. The zero-order valence-corrected chi connectivity index (χ0v) is 14.2. The van der Waals surface area contributed by atoms with Gasteiger partial charge in [0.25, 0.3) is 0 Å². The van der Waals surface area contributed by atoms with E-state index in [0.29, 0.717) is 5.54 Å². The van der Waals surface area contributed by atoms with Gasteiger partial charge in [-0.25, -0.2) is 0 Å². The van der Waals surface area contributed by atoms with Crippen LogP contribution in [0.4, 0.5) is 0 Å². The van der Waals surface area contributed by atoms with Crippen LogP contribution in [0.1, 0.15) is 77.0 Å². The van der Waals surface area contributed by atoms with E-state index in [-0.39, 0.29) is 0 Å². The lowest BCUT2D eigenvalue weighted by molar-refractivity contribution is -0.0702. The number of rotatable bonds is 3. The summed E-state index contributed by atoms with van der Waals surface area (Å²) in [6.07, 6.45) is 18.9. The molecule has 8 rings (SSSR count). The third kappa shape index (κ3) is 1.93. The van der Waals surface area contributed by atoms with Crippen molar-refractivity contribution in [2.24, 2.45) is 40.9 Å². The minimum Gasteiger partial charge on any atom is -0.311 e. The molecule has 8 fully saturated rings. The van der Waals surface area contributed by atoms with Gasteiger partial charge in [-0.3, -0.25) is 0 Å². The normalized spacial score (nSPS) is 61.1. The van der Waals surface area contributed by atoms with Gasteiger partial charge in [-0.1, -0.05) is 0 Å². The second-order valence-corrected chi connectivity index (χ2v) is 11.0. The van der Waals surface area contributed by atoms with Crippen LogP contribution in [0.3, 0.4) is 0 Å². The molecule has 1 N–H and O–H groups in total. The Labute approximate surface area is 136 Å². The molecule has 0 amide bonds. The molecule has 0 radical (unpaired) electrons. The Kier molecular flexibility index (Phi) is 2.61. The highest BCUT2D eigenvalue weighted by Gasteiger charge is 2.54. The molecule has 0 atom stereocenters. The third-order valence-corrected chi connectivity index (χ3v) is 9.04. The SMILES string of the molecule is C1C2CC3CC1CC(CNC14CC5CC(CC(C5)C1)C4)(C2)C3. The van der Waals surface area contributed by atoms with Gasteiger partial charge in [0, 0.05) is 12.1 Å². The Morgan fingerprint density at radius 3 is 1.32 bits per heavy atom. The maximum absolute atomic E-state index is 4.28. The summed E-state index contributed by atoms with van der Waals surface area (Å²) in [6, 6.07) is 0. The molecule has 122 valence electrons. The van der Waals surface area contributed by atoms with E-state index in [1.807, 2.05) is 0 Å². The minimum absolute atomic E-state index is 0.595. The van der Waals surface area contributed by atoms with Gasteiger partial charge in [0.2, 0.25) is 0 Å². The average molecular weight is 300 g/mol. The molecule has 8 aliphatic carbocycles. The second-order valence-electron chi connectivity index (χ2n) is 11.0. The molecular weight excluding hydrogens is 266 g/mol. The number of nitrogens with one attached hydrogen (secondary N) is 1. The van der Waals surface area contributed by atoms with Crippen LogP contribution in [-0.2, 0) is 0 Å². The topological polar surface area (TPSA) is 12.0 Å². The Bertz CT molecular complexity index is 364. The van der Waals surface area contributed by atoms with Crippen LogP contribution < -0.4 is 5.32 Å². The van der Waals surface area contributed by atoms with Crippen molar-refractivity contribution in [3.63, 3.8) is 0 Å². The first-order valence-electron chi connectivity index (χ1n) is 10.4. The van der Waals surface area contributed by atoms with Crippen molar-refractivity contribution < 1.29 is 0 Å². The largest absolute Gasteiger partial charge is 0.311 e. The molecule has 8 bridgehead atoms. The Morgan fingerprint density at radius 2 is 0.909 bits per heavy atom. The molecule has 22 heavy (non-hydrogen) atoms. The van der Waals surface area contributed by atoms with Crippen LogP contribution in [0.2, 0.25) is 0 Å². The predicted molar refractivity (Wildman–Crippen MR) is 89.5 cm³/mol. The van der Waals surface area contributed by atoms with E-state index in [9.17, 15) is 0 Å². The summed E-state index contributed by atoms with van der Waals surface area (Å²) in [5.41, 5.74) is 1.33. The zero-order chi connectivity index (χ0) is 14.4. The molecule has 0 spiro atoms. The van der Waals surface area contributed by atoms with Crippen LogP contribution in [0.25, 0.3) is 0 Å². The van der Waals surface area contributed by atoms with Gasteiger partial charge >= 0.3 is 0 Å². The zero-order valence-electron chi connectivity index (χ0n) is 14.2. The lowest BCUT2D eigenvalue weighted by Crippen LogP contribution is -2.61. The monoisotopic (exact) mass is 299 g/mol. The van der Waals surface area contributed by atoms with Gasteiger partial charge in [0.05, 0.1) is 0 Å². The predicted octanol–water partition coefficient (Wildman–Crippen LogP) is 4.76. The van der Waals surface area contributed by atoms with Gasteiger partial charge in [-0.05, 0) is 118 Å². The summed E-state index contributed by atoms with van der Waals surface area (Å²) in [5, 5.41) is 4.28.